The molecule has 3 heterocycles. The van der Waals surface area contributed by atoms with Crippen molar-refractivity contribution in [2.24, 2.45) is 0 Å². The van der Waals surface area contributed by atoms with Gasteiger partial charge in [0, 0.05) is 23.9 Å². The molecular weight excluding hydrogens is 495 g/mol. The number of nitrogens with zero attached hydrogens (tertiary/aromatic N) is 3. The molecule has 0 aliphatic carbocycles. The van der Waals surface area contributed by atoms with Crippen LogP contribution in [0.25, 0.3) is 11.2 Å². The van der Waals surface area contributed by atoms with Gasteiger partial charge in [-0.1, -0.05) is 0 Å². The normalized spacial score (nSPS) is 14.4. The zero-order chi connectivity index (χ0) is 26.3. The summed E-state index contributed by atoms with van der Waals surface area (Å²) in [4.78, 5) is 28.1. The van der Waals surface area contributed by atoms with Crippen LogP contribution in [-0.2, 0) is 20.7 Å². The maximum absolute atomic E-state index is 13.9. The number of aromatic nitrogens is 4. The minimum Gasteiger partial charge on any atom is -0.487 e. The highest BCUT2D eigenvalue weighted by molar-refractivity contribution is 5.88. The molecule has 198 valence electrons. The second kappa shape index (κ2) is 11.8. The SMILES string of the molecule is CC(=O)Cc1cc(F)ccc1Nc1nc(Nc2ccc3c(c2)OCCOCCOCCO3)nc2nc[nH]c12. The van der Waals surface area contributed by atoms with Crippen LogP contribution in [0.2, 0.25) is 0 Å². The fraction of sp³-hybridized carbons (Fsp3) is 0.308. The molecule has 2 aromatic heterocycles. The number of fused-ring (bicyclic) bond motifs is 2. The fourth-order valence-electron chi connectivity index (χ4n) is 3.90. The maximum atomic E-state index is 13.9. The predicted octanol–water partition coefficient (Wildman–Crippen LogP) is 3.92. The number of aromatic amines is 1. The smallest absolute Gasteiger partial charge is 0.231 e. The molecule has 11 nitrogen and oxygen atoms in total. The summed E-state index contributed by atoms with van der Waals surface area (Å²) in [5, 5.41) is 6.38. The van der Waals surface area contributed by atoms with E-state index < -0.39 is 5.82 Å². The topological polar surface area (TPSA) is 133 Å². The number of hydrogen-bond donors (Lipinski definition) is 3. The van der Waals surface area contributed by atoms with Gasteiger partial charge in [0.05, 0.1) is 32.8 Å². The second-order valence-electron chi connectivity index (χ2n) is 8.51. The van der Waals surface area contributed by atoms with E-state index in [1.807, 2.05) is 6.07 Å². The Hall–Kier alpha value is -4.29. The van der Waals surface area contributed by atoms with E-state index in [0.717, 1.165) is 0 Å². The van der Waals surface area contributed by atoms with E-state index in [1.54, 1.807) is 18.2 Å². The molecule has 4 aromatic rings. The van der Waals surface area contributed by atoms with Gasteiger partial charge in [-0.2, -0.15) is 9.97 Å². The van der Waals surface area contributed by atoms with Crippen LogP contribution in [-0.4, -0.2) is 65.4 Å². The minimum absolute atomic E-state index is 0.0801. The Morgan fingerprint density at radius 2 is 1.71 bits per heavy atom. The number of benzene rings is 2. The lowest BCUT2D eigenvalue weighted by Crippen LogP contribution is -2.15. The lowest BCUT2D eigenvalue weighted by molar-refractivity contribution is -0.116. The maximum Gasteiger partial charge on any atom is 0.231 e. The number of ether oxygens (including phenoxy) is 4. The van der Waals surface area contributed by atoms with Crippen LogP contribution < -0.4 is 20.1 Å². The Morgan fingerprint density at radius 3 is 2.50 bits per heavy atom. The molecule has 2 aromatic carbocycles. The minimum atomic E-state index is -0.426. The molecule has 0 saturated heterocycles. The lowest BCUT2D eigenvalue weighted by Gasteiger charge is -2.16. The molecule has 0 radical (unpaired) electrons. The van der Waals surface area contributed by atoms with Crippen molar-refractivity contribution in [3.05, 3.63) is 54.1 Å². The molecule has 0 atom stereocenters. The summed E-state index contributed by atoms with van der Waals surface area (Å²) in [5.74, 6) is 1.29. The van der Waals surface area contributed by atoms with E-state index in [-0.39, 0.29) is 18.2 Å². The van der Waals surface area contributed by atoms with E-state index in [0.29, 0.717) is 85.1 Å². The van der Waals surface area contributed by atoms with Gasteiger partial charge >= 0.3 is 0 Å². The number of Topliss-reactive ketones (excluding diaryl/α,β-unsaturated/α-hetero) is 1. The van der Waals surface area contributed by atoms with Crippen LogP contribution in [0.4, 0.5) is 27.5 Å². The molecule has 1 aliphatic heterocycles. The van der Waals surface area contributed by atoms with Crippen molar-refractivity contribution in [2.45, 2.75) is 13.3 Å². The molecule has 0 bridgehead atoms. The number of ketones is 1. The molecule has 0 unspecified atom stereocenters. The van der Waals surface area contributed by atoms with Gasteiger partial charge < -0.3 is 34.6 Å². The summed E-state index contributed by atoms with van der Waals surface area (Å²) in [7, 11) is 0. The van der Waals surface area contributed by atoms with Crippen LogP contribution in [0, 0.1) is 5.82 Å². The highest BCUT2D eigenvalue weighted by atomic mass is 19.1. The molecule has 0 spiro atoms. The third-order valence-electron chi connectivity index (χ3n) is 5.59. The number of rotatable bonds is 6. The van der Waals surface area contributed by atoms with Gasteiger partial charge in [0.1, 0.15) is 30.3 Å². The van der Waals surface area contributed by atoms with Crippen LogP contribution in [0.15, 0.2) is 42.7 Å². The quantitative estimate of drug-likeness (QED) is 0.342. The Kier molecular flexibility index (Phi) is 7.90. The summed E-state index contributed by atoms with van der Waals surface area (Å²) < 4.78 is 36.6. The molecule has 3 N–H and O–H groups in total. The Bertz CT molecular complexity index is 1430. The molecule has 0 saturated carbocycles. The third-order valence-corrected chi connectivity index (χ3v) is 5.59. The zero-order valence-electron chi connectivity index (χ0n) is 20.8. The van der Waals surface area contributed by atoms with Gasteiger partial charge in [0.2, 0.25) is 5.95 Å². The highest BCUT2D eigenvalue weighted by Gasteiger charge is 2.15. The number of nitrogens with one attached hydrogen (secondary N) is 3. The molecule has 0 amide bonds. The van der Waals surface area contributed by atoms with Crippen LogP contribution in [0.3, 0.4) is 0 Å². The van der Waals surface area contributed by atoms with Crippen molar-refractivity contribution in [3.63, 3.8) is 0 Å². The summed E-state index contributed by atoms with van der Waals surface area (Å²) in [6.07, 6.45) is 1.59. The fourth-order valence-corrected chi connectivity index (χ4v) is 3.90. The van der Waals surface area contributed by atoms with E-state index >= 15 is 0 Å². The summed E-state index contributed by atoms with van der Waals surface area (Å²) in [5.41, 5.74) is 2.72. The number of hydrogen-bond acceptors (Lipinski definition) is 10. The lowest BCUT2D eigenvalue weighted by atomic mass is 10.1. The number of imidazole rings is 1. The van der Waals surface area contributed by atoms with Gasteiger partial charge in [-0.25, -0.2) is 9.37 Å². The average Bonchev–Trinajstić information content (AvgIpc) is 3.35. The Labute approximate surface area is 217 Å². The van der Waals surface area contributed by atoms with Crippen molar-refractivity contribution in [3.8, 4) is 11.5 Å². The standard InChI is InChI=1S/C26H27FN6O5/c1-16(34)12-17-13-18(27)2-4-20(17)31-25-23-24(29-15-28-23)32-26(33-25)30-19-3-5-21-22(14-19)38-11-9-36-7-6-35-8-10-37-21/h2-5,13-15H,6-12H2,1H3,(H3,28,29,30,31,32,33). The van der Waals surface area contributed by atoms with Crippen molar-refractivity contribution >= 4 is 40.1 Å². The molecular formula is C26H27FN6O5. The van der Waals surface area contributed by atoms with Crippen molar-refractivity contribution in [1.82, 2.24) is 19.9 Å². The van der Waals surface area contributed by atoms with Crippen molar-refractivity contribution < 1.29 is 28.1 Å². The van der Waals surface area contributed by atoms with E-state index in [2.05, 4.69) is 30.6 Å². The first-order chi connectivity index (χ1) is 18.5. The average molecular weight is 523 g/mol. The van der Waals surface area contributed by atoms with Gasteiger partial charge in [0.15, 0.2) is 23.0 Å². The third kappa shape index (κ3) is 6.33. The van der Waals surface area contributed by atoms with E-state index in [4.69, 9.17) is 18.9 Å². The summed E-state index contributed by atoms with van der Waals surface area (Å²) in [6, 6.07) is 9.63. The van der Waals surface area contributed by atoms with E-state index in [1.165, 1.54) is 25.4 Å². The predicted molar refractivity (Wildman–Crippen MR) is 138 cm³/mol. The first-order valence-electron chi connectivity index (χ1n) is 12.1. The molecule has 5 rings (SSSR count). The van der Waals surface area contributed by atoms with Crippen molar-refractivity contribution in [1.29, 1.82) is 0 Å². The number of anilines is 4. The summed E-state index contributed by atoms with van der Waals surface area (Å²) in [6.45, 7) is 4.06. The van der Waals surface area contributed by atoms with Gasteiger partial charge in [0.25, 0.3) is 0 Å². The molecule has 1 aliphatic rings. The summed E-state index contributed by atoms with van der Waals surface area (Å²) >= 11 is 0. The number of carbonyl (C=O) groups excluding carboxylic acids is 1. The zero-order valence-corrected chi connectivity index (χ0v) is 20.8. The van der Waals surface area contributed by atoms with Gasteiger partial charge in [-0.05, 0) is 42.8 Å². The Morgan fingerprint density at radius 1 is 0.947 bits per heavy atom. The number of H-pyrrole nitrogens is 1. The first kappa shape index (κ1) is 25.4. The van der Waals surface area contributed by atoms with Crippen molar-refractivity contribution in [2.75, 3.05) is 50.3 Å². The number of carbonyl (C=O) groups is 1. The molecule has 38 heavy (non-hydrogen) atoms. The van der Waals surface area contributed by atoms with Gasteiger partial charge in [-0.15, -0.1) is 0 Å². The Balaban J connectivity index is 1.41. The van der Waals surface area contributed by atoms with Crippen LogP contribution in [0.1, 0.15) is 12.5 Å². The first-order valence-corrected chi connectivity index (χ1v) is 12.1. The highest BCUT2D eigenvalue weighted by Crippen LogP contribution is 2.32. The van der Waals surface area contributed by atoms with E-state index in [9.17, 15) is 9.18 Å². The molecule has 0 fully saturated rings. The second-order valence-corrected chi connectivity index (χ2v) is 8.51. The number of halogens is 1. The van der Waals surface area contributed by atoms with Crippen LogP contribution in [0.5, 0.6) is 11.5 Å². The largest absolute Gasteiger partial charge is 0.487 e. The molecule has 12 heteroatoms. The van der Waals surface area contributed by atoms with Crippen LogP contribution >= 0.6 is 0 Å². The monoisotopic (exact) mass is 522 g/mol. The van der Waals surface area contributed by atoms with Gasteiger partial charge in [-0.3, -0.25) is 4.79 Å².